The number of hydrogen-bond acceptors (Lipinski definition) is 5. The maximum atomic E-state index is 13.3. The molecule has 0 radical (unpaired) electrons. The third kappa shape index (κ3) is 4.55. The van der Waals surface area contributed by atoms with Crippen LogP contribution < -0.4 is 0 Å². The van der Waals surface area contributed by atoms with Crippen LogP contribution in [0.4, 0.5) is 23.2 Å². The number of rotatable bonds is 4. The van der Waals surface area contributed by atoms with E-state index >= 15 is 0 Å². The van der Waals surface area contributed by atoms with Gasteiger partial charge in [-0.15, -0.1) is 5.11 Å². The fourth-order valence-electron chi connectivity index (χ4n) is 1.23. The van der Waals surface area contributed by atoms with Crippen molar-refractivity contribution in [3.8, 4) is 0 Å². The van der Waals surface area contributed by atoms with Crippen molar-refractivity contribution >= 4 is 11.7 Å². The molecule has 0 aliphatic rings. The van der Waals surface area contributed by atoms with E-state index in [1.54, 1.807) is 0 Å². The number of carbonyl (C=O) groups excluding carboxylic acids is 1. The second kappa shape index (κ2) is 6.82. The second-order valence-corrected chi connectivity index (χ2v) is 3.60. The molecule has 0 aliphatic carbocycles. The van der Waals surface area contributed by atoms with E-state index in [4.69, 9.17) is 5.11 Å². The molecule has 5 nitrogen and oxygen atoms in total. The summed E-state index contributed by atoms with van der Waals surface area (Å²) in [4.78, 5) is 11.2. The smallest absolute Gasteiger partial charge is 0.419 e. The van der Waals surface area contributed by atoms with Crippen LogP contribution in [0.2, 0.25) is 0 Å². The molecule has 1 rings (SSSR count). The van der Waals surface area contributed by atoms with Crippen LogP contribution in [0.5, 0.6) is 0 Å². The molecule has 9 heteroatoms. The van der Waals surface area contributed by atoms with Crippen LogP contribution >= 0.6 is 0 Å². The standard InChI is InChI=1S/C12H10F4N2O3/c1-2-21-11(20)10(6-19)18-17-7-3-4-8(9(13)5-7)12(14,15)16/h3-6,19H,2H2,1H3/b10-6+,18-17?. The molecule has 1 aromatic carbocycles. The van der Waals surface area contributed by atoms with E-state index in [2.05, 4.69) is 15.0 Å². The van der Waals surface area contributed by atoms with Crippen molar-refractivity contribution in [1.29, 1.82) is 0 Å². The van der Waals surface area contributed by atoms with Crippen LogP contribution in [0.25, 0.3) is 0 Å². The topological polar surface area (TPSA) is 71.2 Å². The number of alkyl halides is 3. The van der Waals surface area contributed by atoms with Crippen LogP contribution in [0, 0.1) is 5.82 Å². The molecule has 0 saturated heterocycles. The number of esters is 1. The van der Waals surface area contributed by atoms with E-state index in [0.717, 1.165) is 6.07 Å². The first kappa shape index (κ1) is 16.6. The van der Waals surface area contributed by atoms with Crippen LogP contribution in [0.1, 0.15) is 12.5 Å². The van der Waals surface area contributed by atoms with Gasteiger partial charge in [0.05, 0.1) is 17.9 Å². The Balaban J connectivity index is 2.96. The van der Waals surface area contributed by atoms with Gasteiger partial charge < -0.3 is 9.84 Å². The maximum Gasteiger partial charge on any atom is 0.419 e. The molecule has 0 unspecified atom stereocenters. The molecule has 0 atom stereocenters. The van der Waals surface area contributed by atoms with E-state index in [-0.39, 0.29) is 12.3 Å². The predicted octanol–water partition coefficient (Wildman–Crippen LogP) is 3.89. The SMILES string of the molecule is CCOC(=O)/C(=C\O)N=Nc1ccc(C(F)(F)F)c(F)c1. The zero-order valence-electron chi connectivity index (χ0n) is 10.7. The molecule has 0 spiro atoms. The zero-order valence-corrected chi connectivity index (χ0v) is 10.7. The summed E-state index contributed by atoms with van der Waals surface area (Å²) in [7, 11) is 0. The lowest BCUT2D eigenvalue weighted by Gasteiger charge is -2.07. The van der Waals surface area contributed by atoms with Crippen molar-refractivity contribution in [3.05, 3.63) is 41.5 Å². The monoisotopic (exact) mass is 306 g/mol. The summed E-state index contributed by atoms with van der Waals surface area (Å²) in [5.41, 5.74) is -2.27. The Bertz CT molecular complexity index is 582. The van der Waals surface area contributed by atoms with Gasteiger partial charge in [0.25, 0.3) is 0 Å². The summed E-state index contributed by atoms with van der Waals surface area (Å²) < 4.78 is 54.8. The summed E-state index contributed by atoms with van der Waals surface area (Å²) >= 11 is 0. The molecule has 0 fully saturated rings. The molecule has 114 valence electrons. The Hall–Kier alpha value is -2.45. The normalized spacial score (nSPS) is 12.7. The molecular weight excluding hydrogens is 296 g/mol. The summed E-state index contributed by atoms with van der Waals surface area (Å²) in [5, 5.41) is 15.4. The van der Waals surface area contributed by atoms with Gasteiger partial charge in [-0.3, -0.25) is 0 Å². The number of benzene rings is 1. The molecule has 21 heavy (non-hydrogen) atoms. The van der Waals surface area contributed by atoms with E-state index < -0.39 is 29.2 Å². The van der Waals surface area contributed by atoms with Gasteiger partial charge in [0.2, 0.25) is 5.70 Å². The van der Waals surface area contributed by atoms with Gasteiger partial charge in [-0.2, -0.15) is 18.3 Å². The van der Waals surface area contributed by atoms with Crippen molar-refractivity contribution in [2.45, 2.75) is 13.1 Å². The molecule has 1 aromatic rings. The van der Waals surface area contributed by atoms with Gasteiger partial charge in [-0.1, -0.05) is 0 Å². The van der Waals surface area contributed by atoms with Gasteiger partial charge in [0, 0.05) is 6.07 Å². The Morgan fingerprint density at radius 1 is 1.43 bits per heavy atom. The molecule has 0 bridgehead atoms. The Kier molecular flexibility index (Phi) is 5.39. The minimum absolute atomic E-state index is 0.0284. The van der Waals surface area contributed by atoms with Crippen molar-refractivity contribution in [2.75, 3.05) is 6.61 Å². The fraction of sp³-hybridized carbons (Fsp3) is 0.250. The third-order valence-electron chi connectivity index (χ3n) is 2.14. The van der Waals surface area contributed by atoms with Gasteiger partial charge in [-0.25, -0.2) is 9.18 Å². The average Bonchev–Trinajstić information content (AvgIpc) is 2.38. The van der Waals surface area contributed by atoms with Gasteiger partial charge >= 0.3 is 12.1 Å². The van der Waals surface area contributed by atoms with E-state index in [1.165, 1.54) is 6.92 Å². The van der Waals surface area contributed by atoms with Crippen molar-refractivity contribution < 1.29 is 32.2 Å². The number of hydrogen-bond donors (Lipinski definition) is 1. The molecule has 0 heterocycles. The fourth-order valence-corrected chi connectivity index (χ4v) is 1.23. The lowest BCUT2D eigenvalue weighted by atomic mass is 10.2. The number of aliphatic hydroxyl groups is 1. The summed E-state index contributed by atoms with van der Waals surface area (Å²) in [6.07, 6.45) is -4.50. The molecule has 0 amide bonds. The summed E-state index contributed by atoms with van der Waals surface area (Å²) in [5.74, 6) is -2.50. The Labute approximate surface area is 116 Å². The van der Waals surface area contributed by atoms with Crippen LogP contribution in [0.3, 0.4) is 0 Å². The average molecular weight is 306 g/mol. The van der Waals surface area contributed by atoms with Gasteiger partial charge in [-0.05, 0) is 19.1 Å². The second-order valence-electron chi connectivity index (χ2n) is 3.60. The third-order valence-corrected chi connectivity index (χ3v) is 2.14. The van der Waals surface area contributed by atoms with Gasteiger partial charge in [0.1, 0.15) is 12.1 Å². The lowest BCUT2D eigenvalue weighted by molar-refractivity contribution is -0.140. The number of aliphatic hydroxyl groups excluding tert-OH is 1. The Morgan fingerprint density at radius 2 is 2.10 bits per heavy atom. The highest BCUT2D eigenvalue weighted by Crippen LogP contribution is 2.33. The Morgan fingerprint density at radius 3 is 2.57 bits per heavy atom. The molecule has 0 saturated carbocycles. The molecule has 0 aliphatic heterocycles. The van der Waals surface area contributed by atoms with E-state index in [1.807, 2.05) is 0 Å². The van der Waals surface area contributed by atoms with Crippen LogP contribution in [-0.2, 0) is 15.7 Å². The number of azo groups is 1. The first-order valence-electron chi connectivity index (χ1n) is 5.59. The van der Waals surface area contributed by atoms with E-state index in [0.29, 0.717) is 18.4 Å². The highest BCUT2D eigenvalue weighted by Gasteiger charge is 2.33. The van der Waals surface area contributed by atoms with E-state index in [9.17, 15) is 22.4 Å². The number of carbonyl (C=O) groups is 1. The van der Waals surface area contributed by atoms with Gasteiger partial charge in [0.15, 0.2) is 0 Å². The highest BCUT2D eigenvalue weighted by molar-refractivity contribution is 5.87. The molecular formula is C12H10F4N2O3. The first-order valence-corrected chi connectivity index (χ1v) is 5.59. The first-order chi connectivity index (χ1) is 9.79. The highest BCUT2D eigenvalue weighted by atomic mass is 19.4. The number of ether oxygens (including phenoxy) is 1. The number of halogens is 4. The molecule has 0 aromatic heterocycles. The van der Waals surface area contributed by atoms with Crippen LogP contribution in [0.15, 0.2) is 40.4 Å². The minimum atomic E-state index is -4.82. The molecule has 1 N–H and O–H groups in total. The zero-order chi connectivity index (χ0) is 16.0. The lowest BCUT2D eigenvalue weighted by Crippen LogP contribution is -2.07. The predicted molar refractivity (Wildman–Crippen MR) is 63.3 cm³/mol. The summed E-state index contributed by atoms with van der Waals surface area (Å²) in [6, 6.07) is 1.87. The number of nitrogens with zero attached hydrogens (tertiary/aromatic N) is 2. The minimum Gasteiger partial charge on any atom is -0.513 e. The van der Waals surface area contributed by atoms with Crippen molar-refractivity contribution in [3.63, 3.8) is 0 Å². The largest absolute Gasteiger partial charge is 0.513 e. The summed E-state index contributed by atoms with van der Waals surface area (Å²) in [6.45, 7) is 1.55. The van der Waals surface area contributed by atoms with Crippen molar-refractivity contribution in [1.82, 2.24) is 0 Å². The van der Waals surface area contributed by atoms with Crippen molar-refractivity contribution in [2.24, 2.45) is 10.2 Å². The maximum absolute atomic E-state index is 13.3. The van der Waals surface area contributed by atoms with Crippen LogP contribution in [-0.4, -0.2) is 17.7 Å². The quantitative estimate of drug-likeness (QED) is 0.301.